The van der Waals surface area contributed by atoms with Crippen molar-refractivity contribution in [2.24, 2.45) is 5.41 Å². The van der Waals surface area contributed by atoms with Gasteiger partial charge < -0.3 is 5.11 Å². The Labute approximate surface area is 122 Å². The molecule has 5 heteroatoms. The molecule has 0 bridgehead atoms. The third-order valence-corrected chi connectivity index (χ3v) is 4.95. The molecule has 0 aliphatic heterocycles. The molecule has 0 radical (unpaired) electrons. The number of aliphatic hydroxyl groups is 1. The molecule has 0 spiro atoms. The Morgan fingerprint density at radius 3 is 2.35 bits per heavy atom. The molecule has 1 atom stereocenters. The summed E-state index contributed by atoms with van der Waals surface area (Å²) in [6.07, 6.45) is -0.141. The lowest BCUT2D eigenvalue weighted by Crippen LogP contribution is -2.32. The second-order valence-corrected chi connectivity index (χ2v) is 8.07. The molecule has 114 valence electrons. The van der Waals surface area contributed by atoms with Gasteiger partial charge in [-0.25, -0.2) is 13.1 Å². The normalized spacial score (nSPS) is 14.3. The largest absolute Gasteiger partial charge is 0.393 e. The van der Waals surface area contributed by atoms with Gasteiger partial charge in [-0.1, -0.05) is 38.5 Å². The first-order chi connectivity index (χ1) is 9.04. The van der Waals surface area contributed by atoms with Crippen molar-refractivity contribution in [2.75, 3.05) is 6.54 Å². The summed E-state index contributed by atoms with van der Waals surface area (Å²) >= 11 is 0. The van der Waals surface area contributed by atoms with Crippen molar-refractivity contribution in [1.82, 2.24) is 4.72 Å². The van der Waals surface area contributed by atoms with Crippen LogP contribution in [0.3, 0.4) is 0 Å². The van der Waals surface area contributed by atoms with Gasteiger partial charge in [0.2, 0.25) is 10.0 Å². The zero-order valence-electron chi connectivity index (χ0n) is 12.9. The Kier molecular flexibility index (Phi) is 5.35. The highest BCUT2D eigenvalue weighted by atomic mass is 32.2. The second kappa shape index (κ2) is 6.24. The maximum Gasteiger partial charge on any atom is 0.240 e. The molecule has 1 aromatic rings. The highest BCUT2D eigenvalue weighted by molar-refractivity contribution is 7.89. The monoisotopic (exact) mass is 299 g/mol. The van der Waals surface area contributed by atoms with Crippen LogP contribution in [-0.4, -0.2) is 26.2 Å². The molecule has 0 saturated carbocycles. The Hall–Kier alpha value is -0.910. The number of hydrogen-bond acceptors (Lipinski definition) is 3. The van der Waals surface area contributed by atoms with Gasteiger partial charge in [0.05, 0.1) is 11.0 Å². The van der Waals surface area contributed by atoms with E-state index in [9.17, 15) is 13.5 Å². The first kappa shape index (κ1) is 17.1. The maximum atomic E-state index is 12.2. The average Bonchev–Trinajstić information content (AvgIpc) is 2.26. The van der Waals surface area contributed by atoms with Crippen molar-refractivity contribution in [3.63, 3.8) is 0 Å². The van der Waals surface area contributed by atoms with Crippen LogP contribution in [0.25, 0.3) is 0 Å². The van der Waals surface area contributed by atoms with Crippen molar-refractivity contribution in [3.8, 4) is 0 Å². The van der Waals surface area contributed by atoms with Crippen LogP contribution in [0.4, 0.5) is 0 Å². The van der Waals surface area contributed by atoms with Crippen LogP contribution in [-0.2, 0) is 10.0 Å². The molecule has 1 rings (SSSR count). The Balaban J connectivity index is 2.72. The molecule has 1 aromatic carbocycles. The Bertz CT molecular complexity index is 559. The number of aryl methyl sites for hydroxylation is 2. The van der Waals surface area contributed by atoms with E-state index in [1.165, 1.54) is 0 Å². The minimum atomic E-state index is -3.51. The van der Waals surface area contributed by atoms with E-state index in [1.807, 2.05) is 33.8 Å². The molecule has 0 amide bonds. The molecule has 0 aliphatic rings. The van der Waals surface area contributed by atoms with E-state index in [4.69, 9.17) is 0 Å². The fourth-order valence-corrected chi connectivity index (χ4v) is 3.21. The summed E-state index contributed by atoms with van der Waals surface area (Å²) in [7, 11) is -3.51. The number of benzene rings is 1. The van der Waals surface area contributed by atoms with Gasteiger partial charge in [0.1, 0.15) is 0 Å². The first-order valence-corrected chi connectivity index (χ1v) is 8.27. The number of nitrogens with one attached hydrogen (secondary N) is 1. The van der Waals surface area contributed by atoms with Crippen molar-refractivity contribution >= 4 is 10.0 Å². The highest BCUT2D eigenvalue weighted by Crippen LogP contribution is 2.21. The zero-order valence-corrected chi connectivity index (χ0v) is 13.7. The van der Waals surface area contributed by atoms with Gasteiger partial charge in [-0.3, -0.25) is 0 Å². The van der Waals surface area contributed by atoms with Gasteiger partial charge in [-0.05, 0) is 37.3 Å². The van der Waals surface area contributed by atoms with E-state index in [0.717, 1.165) is 11.1 Å². The lowest BCUT2D eigenvalue weighted by molar-refractivity contribution is 0.0571. The number of aliphatic hydroxyl groups excluding tert-OH is 1. The fourth-order valence-electron chi connectivity index (χ4n) is 1.94. The lowest BCUT2D eigenvalue weighted by atomic mass is 9.87. The smallest absolute Gasteiger partial charge is 0.240 e. The van der Waals surface area contributed by atoms with Crippen molar-refractivity contribution in [2.45, 2.75) is 52.0 Å². The molecule has 0 unspecified atom stereocenters. The molecule has 0 fully saturated rings. The number of sulfonamides is 1. The third-order valence-electron chi connectivity index (χ3n) is 3.33. The topological polar surface area (TPSA) is 66.4 Å². The zero-order chi connectivity index (χ0) is 15.6. The average molecular weight is 299 g/mol. The predicted molar refractivity (Wildman–Crippen MR) is 81.2 cm³/mol. The van der Waals surface area contributed by atoms with Crippen LogP contribution < -0.4 is 4.72 Å². The summed E-state index contributed by atoms with van der Waals surface area (Å²) in [6.45, 7) is 9.72. The molecule has 0 aliphatic carbocycles. The van der Waals surface area contributed by atoms with Gasteiger partial charge in [0.25, 0.3) is 0 Å². The lowest BCUT2D eigenvalue weighted by Gasteiger charge is -2.25. The standard InChI is InChI=1S/C15H25NO3S/c1-11-6-7-13(12(2)10-11)20(18,19)16-9-8-14(17)15(3,4)5/h6-7,10,14,16-17H,8-9H2,1-5H3/t14-/m1/s1. The number of hydrogen-bond donors (Lipinski definition) is 2. The second-order valence-electron chi connectivity index (χ2n) is 6.34. The van der Waals surface area contributed by atoms with Crippen LogP contribution in [0.5, 0.6) is 0 Å². The van der Waals surface area contributed by atoms with Gasteiger partial charge in [0.15, 0.2) is 0 Å². The van der Waals surface area contributed by atoms with Gasteiger partial charge in [0, 0.05) is 6.54 Å². The van der Waals surface area contributed by atoms with E-state index < -0.39 is 16.1 Å². The van der Waals surface area contributed by atoms with E-state index >= 15 is 0 Å². The summed E-state index contributed by atoms with van der Waals surface area (Å²) < 4.78 is 27.0. The molecule has 20 heavy (non-hydrogen) atoms. The van der Waals surface area contributed by atoms with Crippen LogP contribution >= 0.6 is 0 Å². The van der Waals surface area contributed by atoms with E-state index in [-0.39, 0.29) is 12.0 Å². The molecule has 0 aromatic heterocycles. The Morgan fingerprint density at radius 2 is 1.85 bits per heavy atom. The van der Waals surface area contributed by atoms with E-state index in [2.05, 4.69) is 4.72 Å². The summed E-state index contributed by atoms with van der Waals surface area (Å²) in [4.78, 5) is 0.299. The van der Waals surface area contributed by atoms with Crippen LogP contribution in [0, 0.1) is 19.3 Å². The molecule has 0 saturated heterocycles. The fraction of sp³-hybridized carbons (Fsp3) is 0.600. The van der Waals surface area contributed by atoms with Gasteiger partial charge >= 0.3 is 0 Å². The molecule has 4 nitrogen and oxygen atoms in total. The Morgan fingerprint density at radius 1 is 1.25 bits per heavy atom. The van der Waals surface area contributed by atoms with Crippen molar-refractivity contribution in [3.05, 3.63) is 29.3 Å². The molecular weight excluding hydrogens is 274 g/mol. The van der Waals surface area contributed by atoms with Crippen molar-refractivity contribution in [1.29, 1.82) is 0 Å². The maximum absolute atomic E-state index is 12.2. The molecule has 0 heterocycles. The number of rotatable bonds is 5. The minimum absolute atomic E-state index is 0.230. The summed E-state index contributed by atoms with van der Waals surface area (Å²) in [5, 5.41) is 9.91. The van der Waals surface area contributed by atoms with E-state index in [0.29, 0.717) is 11.3 Å². The quantitative estimate of drug-likeness (QED) is 0.877. The SMILES string of the molecule is Cc1ccc(S(=O)(=O)NCC[C@@H](O)C(C)(C)C)c(C)c1. The van der Waals surface area contributed by atoms with Gasteiger partial charge in [-0.2, -0.15) is 0 Å². The van der Waals surface area contributed by atoms with E-state index in [1.54, 1.807) is 19.1 Å². The van der Waals surface area contributed by atoms with Crippen molar-refractivity contribution < 1.29 is 13.5 Å². The molecular formula is C15H25NO3S. The summed E-state index contributed by atoms with van der Waals surface area (Å²) in [6, 6.07) is 5.25. The first-order valence-electron chi connectivity index (χ1n) is 6.79. The summed E-state index contributed by atoms with van der Waals surface area (Å²) in [5.41, 5.74) is 1.52. The highest BCUT2D eigenvalue weighted by Gasteiger charge is 2.23. The third kappa shape index (κ3) is 4.58. The predicted octanol–water partition coefficient (Wildman–Crippen LogP) is 2.38. The van der Waals surface area contributed by atoms with Crippen LogP contribution in [0.15, 0.2) is 23.1 Å². The van der Waals surface area contributed by atoms with Crippen LogP contribution in [0.1, 0.15) is 38.3 Å². The van der Waals surface area contributed by atoms with Gasteiger partial charge in [-0.15, -0.1) is 0 Å². The van der Waals surface area contributed by atoms with Crippen LogP contribution in [0.2, 0.25) is 0 Å². The minimum Gasteiger partial charge on any atom is -0.393 e. The summed E-state index contributed by atoms with van der Waals surface area (Å²) in [5.74, 6) is 0. The molecule has 2 N–H and O–H groups in total.